The minimum absolute atomic E-state index is 0.108. The van der Waals surface area contributed by atoms with Crippen molar-refractivity contribution in [3.63, 3.8) is 0 Å². The minimum atomic E-state index is 0.108. The molecule has 0 aliphatic heterocycles. The summed E-state index contributed by atoms with van der Waals surface area (Å²) in [7, 11) is 0. The summed E-state index contributed by atoms with van der Waals surface area (Å²) < 4.78 is 5.56. The maximum absolute atomic E-state index is 5.56. The molecule has 1 nitrogen and oxygen atoms in total. The van der Waals surface area contributed by atoms with Gasteiger partial charge in [-0.1, -0.05) is 44.2 Å². The number of hydrogen-bond acceptors (Lipinski definition) is 2. The van der Waals surface area contributed by atoms with Crippen LogP contribution in [-0.2, 0) is 10.2 Å². The lowest BCUT2D eigenvalue weighted by molar-refractivity contribution is 0.134. The number of hydrogen-bond donors (Lipinski definition) is 0. The Balaban J connectivity index is 2.56. The van der Waals surface area contributed by atoms with Gasteiger partial charge in [-0.05, 0) is 11.8 Å². The second kappa shape index (κ2) is 5.42. The fourth-order valence-electron chi connectivity index (χ4n) is 1.35. The molecule has 0 bridgehead atoms. The van der Waals surface area contributed by atoms with Crippen molar-refractivity contribution in [3.8, 4) is 0 Å². The summed E-state index contributed by atoms with van der Waals surface area (Å²) in [6, 6.07) is 10.5. The van der Waals surface area contributed by atoms with E-state index < -0.39 is 0 Å². The normalized spacial score (nSPS) is 11.6. The van der Waals surface area contributed by atoms with Gasteiger partial charge in [0.05, 0.1) is 12.5 Å². The van der Waals surface area contributed by atoms with E-state index in [1.807, 2.05) is 6.07 Å². The largest absolute Gasteiger partial charge is 0.370 e. The Morgan fingerprint density at radius 3 is 2.43 bits per heavy atom. The fraction of sp³-hybridized carbons (Fsp3) is 0.500. The van der Waals surface area contributed by atoms with Gasteiger partial charge in [-0.25, -0.2) is 0 Å². The second-order valence-electron chi connectivity index (χ2n) is 4.00. The smallest absolute Gasteiger partial charge is 0.0918 e. The Kier molecular flexibility index (Phi) is 4.49. The van der Waals surface area contributed by atoms with E-state index in [9.17, 15) is 0 Å². The van der Waals surface area contributed by atoms with Crippen LogP contribution in [0.25, 0.3) is 0 Å². The minimum Gasteiger partial charge on any atom is -0.370 e. The van der Waals surface area contributed by atoms with Crippen LogP contribution < -0.4 is 0 Å². The van der Waals surface area contributed by atoms with E-state index >= 15 is 0 Å². The Morgan fingerprint density at radius 1 is 1.21 bits per heavy atom. The van der Waals surface area contributed by atoms with Crippen LogP contribution in [0.5, 0.6) is 0 Å². The van der Waals surface area contributed by atoms with E-state index in [2.05, 4.69) is 44.4 Å². The van der Waals surface area contributed by atoms with Gasteiger partial charge in [0.25, 0.3) is 0 Å². The highest BCUT2D eigenvalue weighted by Crippen LogP contribution is 2.23. The highest BCUT2D eigenvalue weighted by atomic mass is 32.2. The molecule has 1 aromatic rings. The van der Waals surface area contributed by atoms with Gasteiger partial charge in [0.1, 0.15) is 0 Å². The van der Waals surface area contributed by atoms with E-state index in [0.29, 0.717) is 0 Å². The zero-order chi connectivity index (χ0) is 10.4. The van der Waals surface area contributed by atoms with Crippen molar-refractivity contribution in [2.24, 2.45) is 0 Å². The molecule has 0 fully saturated rings. The lowest BCUT2D eigenvalue weighted by atomic mass is 9.86. The number of thioether (sulfide) groups is 1. The van der Waals surface area contributed by atoms with Crippen LogP contribution in [0, 0.1) is 0 Å². The topological polar surface area (TPSA) is 9.23 Å². The Hall–Kier alpha value is -0.470. The molecule has 2 heteroatoms. The van der Waals surface area contributed by atoms with E-state index in [1.54, 1.807) is 11.8 Å². The van der Waals surface area contributed by atoms with Gasteiger partial charge in [-0.2, -0.15) is 0 Å². The SMILES string of the molecule is CSCOCC(C)(C)c1ccccc1. The summed E-state index contributed by atoms with van der Waals surface area (Å²) in [6.07, 6.45) is 2.05. The summed E-state index contributed by atoms with van der Waals surface area (Å²) in [5, 5.41) is 0. The lowest BCUT2D eigenvalue weighted by Crippen LogP contribution is -2.24. The standard InChI is InChI=1S/C12H18OS/c1-12(2,9-13-10-14-3)11-7-5-4-6-8-11/h4-8H,9-10H2,1-3H3. The summed E-state index contributed by atoms with van der Waals surface area (Å²) >= 11 is 1.72. The monoisotopic (exact) mass is 210 g/mol. The average Bonchev–Trinajstić information content (AvgIpc) is 2.19. The van der Waals surface area contributed by atoms with Crippen molar-refractivity contribution in [1.82, 2.24) is 0 Å². The van der Waals surface area contributed by atoms with E-state index in [4.69, 9.17) is 4.74 Å². The first-order chi connectivity index (χ1) is 6.67. The van der Waals surface area contributed by atoms with Crippen LogP contribution in [0.2, 0.25) is 0 Å². The molecule has 0 amide bonds. The zero-order valence-corrected chi connectivity index (χ0v) is 9.93. The molecule has 0 aliphatic carbocycles. The Morgan fingerprint density at radius 2 is 1.86 bits per heavy atom. The van der Waals surface area contributed by atoms with Crippen molar-refractivity contribution in [2.75, 3.05) is 18.8 Å². The molecule has 0 heterocycles. The maximum atomic E-state index is 5.56. The van der Waals surface area contributed by atoms with E-state index in [0.717, 1.165) is 12.5 Å². The molecule has 14 heavy (non-hydrogen) atoms. The fourth-order valence-corrected chi connectivity index (χ4v) is 1.60. The zero-order valence-electron chi connectivity index (χ0n) is 9.12. The van der Waals surface area contributed by atoms with Crippen LogP contribution in [-0.4, -0.2) is 18.8 Å². The third-order valence-electron chi connectivity index (χ3n) is 2.22. The van der Waals surface area contributed by atoms with Crippen molar-refractivity contribution in [1.29, 1.82) is 0 Å². The summed E-state index contributed by atoms with van der Waals surface area (Å²) in [4.78, 5) is 0. The molecular formula is C12H18OS. The molecule has 1 rings (SSSR count). The van der Waals surface area contributed by atoms with E-state index in [1.165, 1.54) is 5.56 Å². The van der Waals surface area contributed by atoms with Crippen LogP contribution in [0.1, 0.15) is 19.4 Å². The van der Waals surface area contributed by atoms with Gasteiger partial charge in [-0.15, -0.1) is 11.8 Å². The van der Waals surface area contributed by atoms with Crippen LogP contribution >= 0.6 is 11.8 Å². The average molecular weight is 210 g/mol. The summed E-state index contributed by atoms with van der Waals surface area (Å²) in [5.41, 5.74) is 1.44. The molecule has 0 N–H and O–H groups in total. The van der Waals surface area contributed by atoms with Crippen molar-refractivity contribution in [3.05, 3.63) is 35.9 Å². The quantitative estimate of drug-likeness (QED) is 0.545. The molecule has 0 saturated carbocycles. The first-order valence-corrected chi connectivity index (χ1v) is 6.18. The summed E-state index contributed by atoms with van der Waals surface area (Å²) in [6.45, 7) is 5.20. The lowest BCUT2D eigenvalue weighted by Gasteiger charge is -2.24. The predicted octanol–water partition coefficient (Wildman–Crippen LogP) is 3.30. The number of rotatable bonds is 5. The Bertz CT molecular complexity index is 256. The van der Waals surface area contributed by atoms with Crippen LogP contribution in [0.15, 0.2) is 30.3 Å². The predicted molar refractivity (Wildman–Crippen MR) is 63.8 cm³/mol. The molecule has 0 aliphatic rings. The first kappa shape index (κ1) is 11.6. The van der Waals surface area contributed by atoms with Gasteiger partial charge < -0.3 is 4.74 Å². The second-order valence-corrected chi connectivity index (χ2v) is 4.82. The molecular weight excluding hydrogens is 192 g/mol. The van der Waals surface area contributed by atoms with Gasteiger partial charge in [0.2, 0.25) is 0 Å². The first-order valence-electron chi connectivity index (χ1n) is 4.79. The van der Waals surface area contributed by atoms with Crippen molar-refractivity contribution in [2.45, 2.75) is 19.3 Å². The highest BCUT2D eigenvalue weighted by Gasteiger charge is 2.19. The number of ether oxygens (including phenoxy) is 1. The highest BCUT2D eigenvalue weighted by molar-refractivity contribution is 7.98. The molecule has 78 valence electrons. The van der Waals surface area contributed by atoms with Crippen molar-refractivity contribution >= 4 is 11.8 Å². The van der Waals surface area contributed by atoms with Gasteiger partial charge >= 0.3 is 0 Å². The van der Waals surface area contributed by atoms with Crippen LogP contribution in [0.3, 0.4) is 0 Å². The molecule has 1 aromatic carbocycles. The Labute approximate surface area is 90.9 Å². The number of benzene rings is 1. The molecule has 0 saturated heterocycles. The van der Waals surface area contributed by atoms with Gasteiger partial charge in [0.15, 0.2) is 0 Å². The third-order valence-corrected chi connectivity index (χ3v) is 2.62. The van der Waals surface area contributed by atoms with Gasteiger partial charge in [0, 0.05) is 5.41 Å². The van der Waals surface area contributed by atoms with Crippen LogP contribution in [0.4, 0.5) is 0 Å². The van der Waals surface area contributed by atoms with E-state index in [-0.39, 0.29) is 5.41 Å². The third kappa shape index (κ3) is 3.35. The summed E-state index contributed by atoms with van der Waals surface area (Å²) in [5.74, 6) is 0.774. The van der Waals surface area contributed by atoms with Crippen molar-refractivity contribution < 1.29 is 4.74 Å². The molecule has 0 aromatic heterocycles. The maximum Gasteiger partial charge on any atom is 0.0918 e. The molecule has 0 spiro atoms. The van der Waals surface area contributed by atoms with Gasteiger partial charge in [-0.3, -0.25) is 0 Å². The molecule has 0 unspecified atom stereocenters. The molecule has 0 atom stereocenters. The molecule has 0 radical (unpaired) electrons.